The summed E-state index contributed by atoms with van der Waals surface area (Å²) in [6.45, 7) is 3.26. The van der Waals surface area contributed by atoms with Crippen molar-refractivity contribution < 1.29 is 14.3 Å². The molecule has 1 atom stereocenters. The summed E-state index contributed by atoms with van der Waals surface area (Å²) in [7, 11) is 3.18. The number of aryl methyl sites for hydroxylation is 1. The number of ether oxygens (including phenoxy) is 1. The fourth-order valence-corrected chi connectivity index (χ4v) is 2.21. The van der Waals surface area contributed by atoms with Gasteiger partial charge in [0.1, 0.15) is 17.7 Å². The topological polar surface area (TPSA) is 89.3 Å². The van der Waals surface area contributed by atoms with Crippen LogP contribution in [0.2, 0.25) is 0 Å². The number of nitrogens with zero attached hydrogens (tertiary/aromatic N) is 4. The van der Waals surface area contributed by atoms with Crippen molar-refractivity contribution in [1.82, 2.24) is 25.0 Å². The summed E-state index contributed by atoms with van der Waals surface area (Å²) < 4.78 is 6.42. The first-order chi connectivity index (χ1) is 10.0. The maximum absolute atomic E-state index is 12.2. The predicted molar refractivity (Wildman–Crippen MR) is 74.2 cm³/mol. The Morgan fingerprint density at radius 2 is 2.24 bits per heavy atom. The molecule has 1 aromatic heterocycles. The lowest BCUT2D eigenvalue weighted by Gasteiger charge is -2.31. The monoisotopic (exact) mass is 293 g/mol. The molecule has 21 heavy (non-hydrogen) atoms. The maximum Gasteiger partial charge on any atom is 0.330 e. The third-order valence-electron chi connectivity index (χ3n) is 3.44. The van der Waals surface area contributed by atoms with Crippen LogP contribution >= 0.6 is 0 Å². The SMILES string of the molecule is COC(=O)/C=C/CNC(=O)C1Cn2c(C)nnc2CN1C. The molecule has 0 saturated carbocycles. The van der Waals surface area contributed by atoms with Gasteiger partial charge in [0.2, 0.25) is 5.91 Å². The average molecular weight is 293 g/mol. The van der Waals surface area contributed by atoms with Gasteiger partial charge in [-0.2, -0.15) is 0 Å². The lowest BCUT2D eigenvalue weighted by molar-refractivity contribution is -0.135. The van der Waals surface area contributed by atoms with E-state index in [4.69, 9.17) is 0 Å². The number of methoxy groups -OCH3 is 1. The second kappa shape index (κ2) is 6.49. The Hall–Kier alpha value is -2.22. The number of hydrogen-bond acceptors (Lipinski definition) is 6. The molecule has 1 unspecified atom stereocenters. The van der Waals surface area contributed by atoms with E-state index < -0.39 is 5.97 Å². The summed E-state index contributed by atoms with van der Waals surface area (Å²) in [4.78, 5) is 25.1. The van der Waals surface area contributed by atoms with Gasteiger partial charge < -0.3 is 14.6 Å². The van der Waals surface area contributed by atoms with Gasteiger partial charge in [-0.05, 0) is 14.0 Å². The zero-order chi connectivity index (χ0) is 15.4. The van der Waals surface area contributed by atoms with Crippen LogP contribution in [0, 0.1) is 6.92 Å². The Morgan fingerprint density at radius 3 is 2.95 bits per heavy atom. The summed E-state index contributed by atoms with van der Waals surface area (Å²) in [5.74, 6) is 1.14. The van der Waals surface area contributed by atoms with E-state index in [-0.39, 0.29) is 18.5 Å². The first-order valence-corrected chi connectivity index (χ1v) is 6.64. The van der Waals surface area contributed by atoms with Crippen LogP contribution in [-0.2, 0) is 27.4 Å². The molecular weight excluding hydrogens is 274 g/mol. The van der Waals surface area contributed by atoms with Gasteiger partial charge in [0.05, 0.1) is 20.2 Å². The normalized spacial score (nSPS) is 18.5. The van der Waals surface area contributed by atoms with Crippen LogP contribution in [0.1, 0.15) is 11.6 Å². The van der Waals surface area contributed by atoms with Crippen LogP contribution in [0.4, 0.5) is 0 Å². The molecule has 1 amide bonds. The van der Waals surface area contributed by atoms with Gasteiger partial charge in [0.25, 0.3) is 0 Å². The van der Waals surface area contributed by atoms with E-state index in [1.807, 2.05) is 23.4 Å². The minimum absolute atomic E-state index is 0.0919. The standard InChI is InChI=1S/C13H19N5O3/c1-9-15-16-11-8-17(2)10(7-18(9)11)13(20)14-6-4-5-12(19)21-3/h4-5,10H,6-8H2,1-3H3,(H,14,20)/b5-4+. The molecule has 2 rings (SSSR count). The summed E-state index contributed by atoms with van der Waals surface area (Å²) in [6, 6.07) is -0.279. The molecule has 0 aliphatic carbocycles. The van der Waals surface area contributed by atoms with Crippen molar-refractivity contribution in [2.75, 3.05) is 20.7 Å². The number of aromatic nitrogens is 3. The Balaban J connectivity index is 1.92. The average Bonchev–Trinajstić information content (AvgIpc) is 2.82. The van der Waals surface area contributed by atoms with Crippen LogP contribution in [0.15, 0.2) is 12.2 Å². The molecule has 1 aliphatic rings. The molecule has 0 aromatic carbocycles. The molecule has 2 heterocycles. The zero-order valence-corrected chi connectivity index (χ0v) is 12.4. The maximum atomic E-state index is 12.2. The van der Waals surface area contributed by atoms with Gasteiger partial charge in [-0.3, -0.25) is 9.69 Å². The minimum atomic E-state index is -0.441. The largest absolute Gasteiger partial charge is 0.466 e. The number of hydrogen-bond donors (Lipinski definition) is 1. The van der Waals surface area contributed by atoms with E-state index in [1.165, 1.54) is 13.2 Å². The van der Waals surface area contributed by atoms with Crippen molar-refractivity contribution in [3.05, 3.63) is 23.8 Å². The molecule has 0 spiro atoms. The Morgan fingerprint density at radius 1 is 1.48 bits per heavy atom. The molecule has 0 fully saturated rings. The number of likely N-dealkylation sites (N-methyl/N-ethyl adjacent to an activating group) is 1. The van der Waals surface area contributed by atoms with Crippen molar-refractivity contribution in [2.24, 2.45) is 0 Å². The highest BCUT2D eigenvalue weighted by atomic mass is 16.5. The number of nitrogens with one attached hydrogen (secondary N) is 1. The van der Waals surface area contributed by atoms with E-state index in [9.17, 15) is 9.59 Å². The Kier molecular flexibility index (Phi) is 4.69. The summed E-state index contributed by atoms with van der Waals surface area (Å²) in [5, 5.41) is 10.9. The van der Waals surface area contributed by atoms with Crippen LogP contribution in [0.5, 0.6) is 0 Å². The summed E-state index contributed by atoms with van der Waals surface area (Å²) >= 11 is 0. The highest BCUT2D eigenvalue weighted by molar-refractivity contribution is 5.83. The van der Waals surface area contributed by atoms with Gasteiger partial charge in [-0.1, -0.05) is 6.08 Å². The fraction of sp³-hybridized carbons (Fsp3) is 0.538. The number of esters is 1. The van der Waals surface area contributed by atoms with Gasteiger partial charge in [0, 0.05) is 12.6 Å². The number of fused-ring (bicyclic) bond motifs is 1. The minimum Gasteiger partial charge on any atom is -0.466 e. The third kappa shape index (κ3) is 3.46. The van der Waals surface area contributed by atoms with E-state index in [0.717, 1.165) is 11.6 Å². The number of amides is 1. The lowest BCUT2D eigenvalue weighted by Crippen LogP contribution is -2.50. The quantitative estimate of drug-likeness (QED) is 0.580. The van der Waals surface area contributed by atoms with E-state index >= 15 is 0 Å². The van der Waals surface area contributed by atoms with Gasteiger partial charge >= 0.3 is 5.97 Å². The molecule has 8 nitrogen and oxygen atoms in total. The van der Waals surface area contributed by atoms with E-state index in [2.05, 4.69) is 20.3 Å². The van der Waals surface area contributed by atoms with Crippen LogP contribution in [0.3, 0.4) is 0 Å². The third-order valence-corrected chi connectivity index (χ3v) is 3.44. The second-order valence-electron chi connectivity index (χ2n) is 4.88. The second-order valence-corrected chi connectivity index (χ2v) is 4.88. The van der Waals surface area contributed by atoms with Crippen molar-refractivity contribution in [3.8, 4) is 0 Å². The van der Waals surface area contributed by atoms with Crippen molar-refractivity contribution in [1.29, 1.82) is 0 Å². The predicted octanol–water partition coefficient (Wildman–Crippen LogP) is -0.754. The first-order valence-electron chi connectivity index (χ1n) is 6.64. The molecule has 114 valence electrons. The fourth-order valence-electron chi connectivity index (χ4n) is 2.21. The molecule has 8 heteroatoms. The van der Waals surface area contributed by atoms with Gasteiger partial charge in [-0.15, -0.1) is 10.2 Å². The molecule has 0 radical (unpaired) electrons. The Bertz CT molecular complexity index is 566. The van der Waals surface area contributed by atoms with Gasteiger partial charge in [0.15, 0.2) is 0 Å². The lowest BCUT2D eigenvalue weighted by atomic mass is 10.2. The van der Waals surface area contributed by atoms with E-state index in [1.54, 1.807) is 6.08 Å². The molecular formula is C13H19N5O3. The summed E-state index contributed by atoms with van der Waals surface area (Å²) in [6.07, 6.45) is 2.84. The molecule has 1 N–H and O–H groups in total. The molecule has 0 saturated heterocycles. The smallest absolute Gasteiger partial charge is 0.330 e. The van der Waals surface area contributed by atoms with Crippen LogP contribution < -0.4 is 5.32 Å². The molecule has 1 aliphatic heterocycles. The Labute approximate surface area is 122 Å². The van der Waals surface area contributed by atoms with Crippen molar-refractivity contribution in [2.45, 2.75) is 26.1 Å². The van der Waals surface area contributed by atoms with Crippen molar-refractivity contribution >= 4 is 11.9 Å². The van der Waals surface area contributed by atoms with Crippen LogP contribution in [0.25, 0.3) is 0 Å². The highest BCUT2D eigenvalue weighted by Gasteiger charge is 2.30. The zero-order valence-electron chi connectivity index (χ0n) is 12.4. The van der Waals surface area contributed by atoms with Crippen LogP contribution in [-0.4, -0.2) is 58.3 Å². The molecule has 0 bridgehead atoms. The van der Waals surface area contributed by atoms with Gasteiger partial charge in [-0.25, -0.2) is 4.79 Å². The highest BCUT2D eigenvalue weighted by Crippen LogP contribution is 2.15. The number of carbonyl (C=O) groups is 2. The summed E-state index contributed by atoms with van der Waals surface area (Å²) in [5.41, 5.74) is 0. The van der Waals surface area contributed by atoms with Crippen molar-refractivity contribution in [3.63, 3.8) is 0 Å². The number of rotatable bonds is 4. The first kappa shape index (κ1) is 15.2. The van der Waals surface area contributed by atoms with E-state index in [0.29, 0.717) is 13.1 Å². The number of carbonyl (C=O) groups excluding carboxylic acids is 2. The molecule has 1 aromatic rings.